The number of aliphatic hydroxyl groups excluding tert-OH is 1. The molecule has 2 rings (SSSR count). The molecule has 0 aromatic heterocycles. The van der Waals surface area contributed by atoms with Crippen LogP contribution in [0.25, 0.3) is 0 Å². The first-order chi connectivity index (χ1) is 10.3. The zero-order chi connectivity index (χ0) is 16.2. The topological polar surface area (TPSA) is 55.5 Å². The van der Waals surface area contributed by atoms with E-state index in [9.17, 15) is 5.11 Å². The molecule has 23 heavy (non-hydrogen) atoms. The first-order valence-corrected chi connectivity index (χ1v) is 11.0. The molecule has 126 valence electrons. The second-order valence-electron chi connectivity index (χ2n) is 6.57. The summed E-state index contributed by atoms with van der Waals surface area (Å²) in [7, 11) is -1.60. The van der Waals surface area contributed by atoms with Crippen LogP contribution in [0.1, 0.15) is 17.2 Å². The molecule has 2 aromatic carbocycles. The van der Waals surface area contributed by atoms with Gasteiger partial charge in [0.15, 0.2) is 0 Å². The van der Waals surface area contributed by atoms with Gasteiger partial charge in [-0.05, 0) is 42.9 Å². The molecule has 0 bridgehead atoms. The summed E-state index contributed by atoms with van der Waals surface area (Å²) in [6.07, 6.45) is -0.0547. The van der Waals surface area contributed by atoms with E-state index >= 15 is 0 Å². The number of hydrogen-bond acceptors (Lipinski definition) is 3. The van der Waals surface area contributed by atoms with E-state index < -0.39 is 20.5 Å². The highest BCUT2D eigenvalue weighted by Gasteiger charge is 2.19. The molecule has 0 aliphatic rings. The van der Waals surface area contributed by atoms with Crippen LogP contribution >= 0.6 is 12.4 Å². The van der Waals surface area contributed by atoms with Gasteiger partial charge in [-0.15, -0.1) is 12.4 Å². The van der Waals surface area contributed by atoms with Gasteiger partial charge in [-0.2, -0.15) is 0 Å². The number of benzene rings is 2. The van der Waals surface area contributed by atoms with E-state index in [0.717, 1.165) is 16.9 Å². The largest absolute Gasteiger partial charge is 0.544 e. The van der Waals surface area contributed by atoms with E-state index in [1.54, 1.807) is 0 Å². The van der Waals surface area contributed by atoms with E-state index in [1.165, 1.54) is 0 Å². The van der Waals surface area contributed by atoms with Crippen LogP contribution < -0.4 is 10.2 Å². The van der Waals surface area contributed by atoms with Crippen LogP contribution in [0.5, 0.6) is 5.75 Å². The average molecular weight is 352 g/mol. The number of aliphatic hydroxyl groups is 1. The molecule has 3 N–H and O–H groups in total. The Kier molecular flexibility index (Phi) is 7.29. The van der Waals surface area contributed by atoms with Crippen molar-refractivity contribution in [3.8, 4) is 5.75 Å². The molecule has 0 saturated heterocycles. The zero-order valence-corrected chi connectivity index (χ0v) is 15.7. The summed E-state index contributed by atoms with van der Waals surface area (Å²) in [6.45, 7) is 6.45. The molecule has 2 atom stereocenters. The molecule has 0 radical (unpaired) electrons. The van der Waals surface area contributed by atoms with Gasteiger partial charge >= 0.3 is 0 Å². The van der Waals surface area contributed by atoms with Crippen molar-refractivity contribution in [1.82, 2.24) is 0 Å². The lowest BCUT2D eigenvalue weighted by molar-refractivity contribution is 0.145. The molecule has 0 unspecified atom stereocenters. The lowest BCUT2D eigenvalue weighted by Gasteiger charge is -2.22. The highest BCUT2D eigenvalue weighted by atomic mass is 35.5. The fourth-order valence-electron chi connectivity index (χ4n) is 2.32. The van der Waals surface area contributed by atoms with Crippen LogP contribution in [0.4, 0.5) is 0 Å². The van der Waals surface area contributed by atoms with Crippen LogP contribution in [0.15, 0.2) is 54.6 Å². The molecule has 0 fully saturated rings. The third kappa shape index (κ3) is 6.35. The molecule has 0 aliphatic carbocycles. The van der Waals surface area contributed by atoms with Crippen molar-refractivity contribution >= 4 is 20.7 Å². The summed E-state index contributed by atoms with van der Waals surface area (Å²) >= 11 is 0. The Hall–Kier alpha value is -1.33. The van der Waals surface area contributed by atoms with Crippen LogP contribution in [-0.2, 0) is 6.42 Å². The number of rotatable bonds is 6. The van der Waals surface area contributed by atoms with Gasteiger partial charge in [0.1, 0.15) is 5.75 Å². The van der Waals surface area contributed by atoms with Crippen molar-refractivity contribution in [2.45, 2.75) is 38.2 Å². The standard InChI is InChI=1S/C18H25NO2Si.ClH/c1-22(2,3)21-16-11-9-15(10-12-16)18(19)17(20)13-14-7-5-4-6-8-14;/h4-12,17-18,20H,13,19H2,1-3H3;1H/t17-,18+;/m0./s1. The Morgan fingerprint density at radius 2 is 1.57 bits per heavy atom. The van der Waals surface area contributed by atoms with Crippen LogP contribution in [0.2, 0.25) is 19.6 Å². The maximum atomic E-state index is 10.3. The summed E-state index contributed by atoms with van der Waals surface area (Å²) in [5.74, 6) is 0.868. The molecule has 5 heteroatoms. The normalized spacial score (nSPS) is 13.8. The Morgan fingerprint density at radius 1 is 1.00 bits per heavy atom. The summed E-state index contributed by atoms with van der Waals surface area (Å²) in [5, 5.41) is 10.3. The highest BCUT2D eigenvalue weighted by Crippen LogP contribution is 2.22. The number of hydrogen-bond donors (Lipinski definition) is 2. The van der Waals surface area contributed by atoms with Crippen molar-refractivity contribution in [3.63, 3.8) is 0 Å². The predicted molar refractivity (Wildman–Crippen MR) is 101 cm³/mol. The third-order valence-corrected chi connectivity index (χ3v) is 4.24. The maximum absolute atomic E-state index is 10.3. The lowest BCUT2D eigenvalue weighted by Crippen LogP contribution is -2.29. The second-order valence-corrected chi connectivity index (χ2v) is 11.0. The Labute approximate surface area is 146 Å². The Balaban J connectivity index is 0.00000264. The van der Waals surface area contributed by atoms with Crippen molar-refractivity contribution < 1.29 is 9.53 Å². The van der Waals surface area contributed by atoms with Gasteiger partial charge in [0.2, 0.25) is 8.32 Å². The van der Waals surface area contributed by atoms with E-state index in [2.05, 4.69) is 19.6 Å². The van der Waals surface area contributed by atoms with Crippen LogP contribution in [0, 0.1) is 0 Å². The summed E-state index contributed by atoms with van der Waals surface area (Å²) < 4.78 is 5.93. The van der Waals surface area contributed by atoms with Crippen molar-refractivity contribution in [2.75, 3.05) is 0 Å². The molecule has 2 aromatic rings. The third-order valence-electron chi connectivity index (χ3n) is 3.39. The van der Waals surface area contributed by atoms with Crippen molar-refractivity contribution in [2.24, 2.45) is 5.73 Å². The van der Waals surface area contributed by atoms with Gasteiger partial charge in [-0.1, -0.05) is 42.5 Å². The predicted octanol–water partition coefficient (Wildman–Crippen LogP) is 3.93. The lowest BCUT2D eigenvalue weighted by atomic mass is 9.97. The minimum absolute atomic E-state index is 0. The quantitative estimate of drug-likeness (QED) is 0.775. The molecular weight excluding hydrogens is 326 g/mol. The molecular formula is C18H26ClNO2Si. The molecule has 0 heterocycles. The van der Waals surface area contributed by atoms with Crippen molar-refractivity contribution in [1.29, 1.82) is 0 Å². The first kappa shape index (κ1) is 19.7. The number of halogens is 1. The van der Waals surface area contributed by atoms with Gasteiger partial charge in [-0.3, -0.25) is 0 Å². The Morgan fingerprint density at radius 3 is 2.09 bits per heavy atom. The highest BCUT2D eigenvalue weighted by molar-refractivity contribution is 6.70. The minimum Gasteiger partial charge on any atom is -0.544 e. The molecule has 0 aliphatic heterocycles. The molecule has 0 saturated carbocycles. The van der Waals surface area contributed by atoms with Crippen LogP contribution in [0.3, 0.4) is 0 Å². The molecule has 0 amide bonds. The monoisotopic (exact) mass is 351 g/mol. The smallest absolute Gasteiger partial charge is 0.242 e. The fraction of sp³-hybridized carbons (Fsp3) is 0.333. The maximum Gasteiger partial charge on any atom is 0.242 e. The minimum atomic E-state index is -1.60. The van der Waals surface area contributed by atoms with Gasteiger partial charge < -0.3 is 15.3 Å². The van der Waals surface area contributed by atoms with E-state index in [4.69, 9.17) is 10.2 Å². The second kappa shape index (κ2) is 8.50. The summed E-state index contributed by atoms with van der Waals surface area (Å²) in [6, 6.07) is 17.2. The van der Waals surface area contributed by atoms with Crippen molar-refractivity contribution in [3.05, 3.63) is 65.7 Å². The number of nitrogens with two attached hydrogens (primary N) is 1. The fourth-order valence-corrected chi connectivity index (χ4v) is 3.16. The summed E-state index contributed by atoms with van der Waals surface area (Å²) in [5.41, 5.74) is 8.19. The van der Waals surface area contributed by atoms with Gasteiger partial charge in [0.25, 0.3) is 0 Å². The van der Waals surface area contributed by atoms with Gasteiger partial charge in [0.05, 0.1) is 12.1 Å². The molecule has 3 nitrogen and oxygen atoms in total. The SMILES string of the molecule is C[Si](C)(C)Oc1ccc([C@@H](N)[C@@H](O)Cc2ccccc2)cc1.Cl. The van der Waals surface area contributed by atoms with Crippen LogP contribution in [-0.4, -0.2) is 19.5 Å². The summed E-state index contributed by atoms with van der Waals surface area (Å²) in [4.78, 5) is 0. The van der Waals surface area contributed by atoms with E-state index in [-0.39, 0.29) is 12.4 Å². The molecule has 0 spiro atoms. The average Bonchev–Trinajstić information content (AvgIpc) is 2.46. The van der Waals surface area contributed by atoms with Gasteiger partial charge in [-0.25, -0.2) is 0 Å². The van der Waals surface area contributed by atoms with E-state index in [1.807, 2.05) is 54.6 Å². The Bertz CT molecular complexity index is 584. The van der Waals surface area contributed by atoms with Gasteiger partial charge in [0, 0.05) is 6.42 Å². The van der Waals surface area contributed by atoms with E-state index in [0.29, 0.717) is 6.42 Å². The first-order valence-electron chi connectivity index (χ1n) is 7.62. The zero-order valence-electron chi connectivity index (χ0n) is 13.9.